The predicted octanol–water partition coefficient (Wildman–Crippen LogP) is 4.55. The number of ether oxygens (including phenoxy) is 1. The highest BCUT2D eigenvalue weighted by molar-refractivity contribution is 6.31. The van der Waals surface area contributed by atoms with Crippen molar-refractivity contribution in [2.75, 3.05) is 25.2 Å². The number of aromatic amines is 1. The van der Waals surface area contributed by atoms with Gasteiger partial charge in [-0.1, -0.05) is 18.0 Å². The highest BCUT2D eigenvalue weighted by atomic mass is 35.5. The molecule has 2 heterocycles. The number of aryl methyl sites for hydroxylation is 1. The standard InChI is InChI=1S/C24H27ClN4O3/c1-15-12-16(7-10-21(15)29-11-5-3-4-6-22(29)30)24(31)28-20(14-32-2)23-26-18-9-8-17(25)13-19(18)27-23/h7-10,12-13,20H,3-6,11,14H2,1-2H3,(H,26,27)(H,28,31). The quantitative estimate of drug-likeness (QED) is 0.572. The van der Waals surface area contributed by atoms with Crippen LogP contribution in [0.25, 0.3) is 11.0 Å². The maximum absolute atomic E-state index is 13.0. The summed E-state index contributed by atoms with van der Waals surface area (Å²) < 4.78 is 5.32. The van der Waals surface area contributed by atoms with Crippen molar-refractivity contribution in [2.45, 2.75) is 38.6 Å². The maximum Gasteiger partial charge on any atom is 0.251 e. The molecule has 1 atom stereocenters. The first-order chi connectivity index (χ1) is 15.5. The van der Waals surface area contributed by atoms with Gasteiger partial charge in [-0.25, -0.2) is 4.98 Å². The molecule has 2 aromatic carbocycles. The van der Waals surface area contributed by atoms with Gasteiger partial charge in [0, 0.05) is 36.3 Å². The molecule has 1 saturated heterocycles. The van der Waals surface area contributed by atoms with Crippen molar-refractivity contribution in [1.82, 2.24) is 15.3 Å². The smallest absolute Gasteiger partial charge is 0.251 e. The van der Waals surface area contributed by atoms with Crippen molar-refractivity contribution < 1.29 is 14.3 Å². The van der Waals surface area contributed by atoms with E-state index in [9.17, 15) is 9.59 Å². The summed E-state index contributed by atoms with van der Waals surface area (Å²) in [5.41, 5.74) is 3.85. The first kappa shape index (κ1) is 22.3. The van der Waals surface area contributed by atoms with Crippen molar-refractivity contribution in [1.29, 1.82) is 0 Å². The van der Waals surface area contributed by atoms with E-state index in [0.29, 0.717) is 22.8 Å². The summed E-state index contributed by atoms with van der Waals surface area (Å²) in [6.07, 6.45) is 3.57. The lowest BCUT2D eigenvalue weighted by Crippen LogP contribution is -2.33. The number of halogens is 1. The fourth-order valence-electron chi connectivity index (χ4n) is 4.10. The lowest BCUT2D eigenvalue weighted by atomic mass is 10.1. The molecule has 3 aromatic rings. The van der Waals surface area contributed by atoms with E-state index >= 15 is 0 Å². The molecule has 0 aliphatic carbocycles. The predicted molar refractivity (Wildman–Crippen MR) is 125 cm³/mol. The fraction of sp³-hybridized carbons (Fsp3) is 0.375. The lowest BCUT2D eigenvalue weighted by Gasteiger charge is -2.23. The van der Waals surface area contributed by atoms with Crippen molar-refractivity contribution in [2.24, 2.45) is 0 Å². The van der Waals surface area contributed by atoms with Gasteiger partial charge in [-0.3, -0.25) is 9.59 Å². The van der Waals surface area contributed by atoms with Gasteiger partial charge in [0.1, 0.15) is 11.9 Å². The molecule has 32 heavy (non-hydrogen) atoms. The number of hydrogen-bond donors (Lipinski definition) is 2. The molecule has 1 aromatic heterocycles. The molecule has 0 radical (unpaired) electrons. The van der Waals surface area contributed by atoms with Crippen LogP contribution in [-0.2, 0) is 9.53 Å². The number of methoxy groups -OCH3 is 1. The summed E-state index contributed by atoms with van der Waals surface area (Å²) in [5.74, 6) is 0.510. The molecule has 7 nitrogen and oxygen atoms in total. The van der Waals surface area contributed by atoms with Crippen molar-refractivity contribution in [3.63, 3.8) is 0 Å². The van der Waals surface area contributed by atoms with Crippen LogP contribution >= 0.6 is 11.6 Å². The monoisotopic (exact) mass is 454 g/mol. The fourth-order valence-corrected chi connectivity index (χ4v) is 4.27. The number of fused-ring (bicyclic) bond motifs is 1. The van der Waals surface area contributed by atoms with Crippen LogP contribution < -0.4 is 10.2 Å². The normalized spacial score (nSPS) is 15.6. The van der Waals surface area contributed by atoms with Gasteiger partial charge in [0.15, 0.2) is 0 Å². The van der Waals surface area contributed by atoms with Crippen molar-refractivity contribution in [3.8, 4) is 0 Å². The molecule has 1 aliphatic rings. The highest BCUT2D eigenvalue weighted by Crippen LogP contribution is 2.26. The van der Waals surface area contributed by atoms with Crippen LogP contribution in [-0.4, -0.2) is 42.0 Å². The molecule has 168 valence electrons. The van der Waals surface area contributed by atoms with Gasteiger partial charge in [0.2, 0.25) is 5.91 Å². The number of anilines is 1. The average molecular weight is 455 g/mol. The zero-order chi connectivity index (χ0) is 22.7. The number of carbonyl (C=O) groups is 2. The Bertz CT molecular complexity index is 1140. The second-order valence-corrected chi connectivity index (χ2v) is 8.56. The molecule has 2 amide bonds. The van der Waals surface area contributed by atoms with E-state index in [1.807, 2.05) is 30.0 Å². The number of hydrogen-bond acceptors (Lipinski definition) is 4. The number of imidazole rings is 1. The molecule has 0 saturated carbocycles. The third-order valence-electron chi connectivity index (χ3n) is 5.75. The van der Waals surface area contributed by atoms with Gasteiger partial charge >= 0.3 is 0 Å². The Balaban J connectivity index is 1.54. The van der Waals surface area contributed by atoms with E-state index in [1.54, 1.807) is 25.3 Å². The number of nitrogens with one attached hydrogen (secondary N) is 2. The molecular formula is C24H27ClN4O3. The Labute approximate surface area is 192 Å². The van der Waals surface area contributed by atoms with E-state index < -0.39 is 6.04 Å². The van der Waals surface area contributed by atoms with Crippen LogP contribution in [0.5, 0.6) is 0 Å². The molecule has 0 bridgehead atoms. The van der Waals surface area contributed by atoms with Crippen molar-refractivity contribution >= 4 is 40.1 Å². The van der Waals surface area contributed by atoms with Gasteiger partial charge < -0.3 is 19.9 Å². The molecule has 1 fully saturated rings. The Hall–Kier alpha value is -2.90. The Morgan fingerprint density at radius 3 is 2.88 bits per heavy atom. The number of benzene rings is 2. The number of nitrogens with zero attached hydrogens (tertiary/aromatic N) is 2. The second kappa shape index (κ2) is 9.71. The number of H-pyrrole nitrogens is 1. The minimum atomic E-state index is -0.453. The number of aromatic nitrogens is 2. The minimum absolute atomic E-state index is 0.146. The lowest BCUT2D eigenvalue weighted by molar-refractivity contribution is -0.118. The van der Waals surface area contributed by atoms with Crippen LogP contribution in [0, 0.1) is 6.92 Å². The maximum atomic E-state index is 13.0. The van der Waals surface area contributed by atoms with Crippen LogP contribution in [0.1, 0.15) is 53.5 Å². The van der Waals surface area contributed by atoms with Gasteiger partial charge in [-0.05, 0) is 61.7 Å². The van der Waals surface area contributed by atoms with Gasteiger partial charge in [0.25, 0.3) is 5.91 Å². The number of amides is 2. The first-order valence-electron chi connectivity index (χ1n) is 10.8. The molecule has 0 spiro atoms. The third kappa shape index (κ3) is 4.79. The van der Waals surface area contributed by atoms with Gasteiger partial charge in [0.05, 0.1) is 17.6 Å². The Morgan fingerprint density at radius 1 is 1.25 bits per heavy atom. The molecular weight excluding hydrogens is 428 g/mol. The van der Waals surface area contributed by atoms with E-state index in [1.165, 1.54) is 0 Å². The summed E-state index contributed by atoms with van der Waals surface area (Å²) in [6.45, 7) is 2.91. The van der Waals surface area contributed by atoms with Gasteiger partial charge in [-0.15, -0.1) is 0 Å². The molecule has 1 aliphatic heterocycles. The average Bonchev–Trinajstić information content (AvgIpc) is 3.07. The molecule has 4 rings (SSSR count). The highest BCUT2D eigenvalue weighted by Gasteiger charge is 2.22. The summed E-state index contributed by atoms with van der Waals surface area (Å²) in [4.78, 5) is 35.1. The first-order valence-corrected chi connectivity index (χ1v) is 11.2. The van der Waals surface area contributed by atoms with Crippen LogP contribution in [0.2, 0.25) is 5.02 Å². The van der Waals surface area contributed by atoms with Crippen molar-refractivity contribution in [3.05, 3.63) is 58.4 Å². The van der Waals surface area contributed by atoms with E-state index in [-0.39, 0.29) is 18.4 Å². The molecule has 8 heteroatoms. The van der Waals surface area contributed by atoms with Crippen LogP contribution in [0.15, 0.2) is 36.4 Å². The van der Waals surface area contributed by atoms with E-state index in [2.05, 4.69) is 15.3 Å². The Morgan fingerprint density at radius 2 is 2.09 bits per heavy atom. The summed E-state index contributed by atoms with van der Waals surface area (Å²) >= 11 is 6.07. The zero-order valence-corrected chi connectivity index (χ0v) is 19.0. The number of rotatable bonds is 6. The topological polar surface area (TPSA) is 87.3 Å². The second-order valence-electron chi connectivity index (χ2n) is 8.12. The van der Waals surface area contributed by atoms with E-state index in [4.69, 9.17) is 16.3 Å². The summed E-state index contributed by atoms with van der Waals surface area (Å²) in [7, 11) is 1.58. The number of carbonyl (C=O) groups excluding carboxylic acids is 2. The molecule has 1 unspecified atom stereocenters. The summed E-state index contributed by atoms with van der Waals surface area (Å²) in [5, 5.41) is 3.61. The van der Waals surface area contributed by atoms with Crippen LogP contribution in [0.3, 0.4) is 0 Å². The van der Waals surface area contributed by atoms with E-state index in [0.717, 1.165) is 48.1 Å². The SMILES string of the molecule is COCC(NC(=O)c1ccc(N2CCCCCC2=O)c(C)c1)c1nc2ccc(Cl)cc2[nH]1. The minimum Gasteiger partial charge on any atom is -0.382 e. The van der Waals surface area contributed by atoms with Gasteiger partial charge in [-0.2, -0.15) is 0 Å². The summed E-state index contributed by atoms with van der Waals surface area (Å²) in [6, 6.07) is 10.4. The van der Waals surface area contributed by atoms with Crippen LogP contribution in [0.4, 0.5) is 5.69 Å². The third-order valence-corrected chi connectivity index (χ3v) is 5.99. The largest absolute Gasteiger partial charge is 0.382 e. The molecule has 2 N–H and O–H groups in total. The Kier molecular flexibility index (Phi) is 6.77. The zero-order valence-electron chi connectivity index (χ0n) is 18.3.